The fraction of sp³-hybridized carbons (Fsp3) is 0.0333. The first-order valence-corrected chi connectivity index (χ1v) is 13.4. The number of aromatic amines is 1. The second-order valence-corrected chi connectivity index (χ2v) is 10.3. The predicted octanol–water partition coefficient (Wildman–Crippen LogP) is 7.90. The molecule has 2 N–H and O–H groups in total. The Hall–Kier alpha value is -4.11. The summed E-state index contributed by atoms with van der Waals surface area (Å²) in [6.45, 7) is 0. The van der Waals surface area contributed by atoms with E-state index in [1.54, 1.807) is 61.7 Å². The Morgan fingerprint density at radius 2 is 1.73 bits per heavy atom. The lowest BCUT2D eigenvalue weighted by molar-refractivity contribution is 0.0734. The van der Waals surface area contributed by atoms with E-state index in [4.69, 9.17) is 32.7 Å². The van der Waals surface area contributed by atoms with Gasteiger partial charge in [-0.3, -0.25) is 4.79 Å². The van der Waals surface area contributed by atoms with Crippen molar-refractivity contribution < 1.29 is 19.1 Å². The molecular formula is C30H20BrCl2N3O4. The first-order valence-electron chi connectivity index (χ1n) is 11.9. The molecule has 0 saturated carbocycles. The van der Waals surface area contributed by atoms with Crippen LogP contribution in [0.25, 0.3) is 22.0 Å². The highest BCUT2D eigenvalue weighted by Gasteiger charge is 2.21. The average Bonchev–Trinajstić information content (AvgIpc) is 3.34. The number of fused-ring (bicyclic) bond motifs is 1. The van der Waals surface area contributed by atoms with Crippen LogP contribution in [-0.2, 0) is 0 Å². The van der Waals surface area contributed by atoms with E-state index in [2.05, 4.69) is 31.4 Å². The molecule has 200 valence electrons. The zero-order valence-corrected chi connectivity index (χ0v) is 24.0. The summed E-state index contributed by atoms with van der Waals surface area (Å²) in [7, 11) is 1.55. The number of hydrogen-bond acceptors (Lipinski definition) is 5. The summed E-state index contributed by atoms with van der Waals surface area (Å²) in [6.07, 6.45) is 1.40. The quantitative estimate of drug-likeness (QED) is 0.0822. The molecule has 0 bridgehead atoms. The van der Waals surface area contributed by atoms with Gasteiger partial charge >= 0.3 is 5.97 Å². The molecule has 0 spiro atoms. The summed E-state index contributed by atoms with van der Waals surface area (Å²) in [4.78, 5) is 29.2. The van der Waals surface area contributed by atoms with Crippen molar-refractivity contribution in [3.05, 3.63) is 116 Å². The predicted molar refractivity (Wildman–Crippen MR) is 161 cm³/mol. The minimum Gasteiger partial charge on any atom is -0.497 e. The van der Waals surface area contributed by atoms with Crippen LogP contribution in [0.4, 0.5) is 0 Å². The molecule has 5 rings (SSSR count). The van der Waals surface area contributed by atoms with E-state index >= 15 is 0 Å². The highest BCUT2D eigenvalue weighted by molar-refractivity contribution is 9.10. The van der Waals surface area contributed by atoms with Gasteiger partial charge < -0.3 is 14.5 Å². The minimum absolute atomic E-state index is 0.263. The number of nitrogens with one attached hydrogen (secondary N) is 2. The maximum Gasteiger partial charge on any atom is 0.343 e. The maximum absolute atomic E-state index is 13.3. The first-order chi connectivity index (χ1) is 19.3. The number of halogens is 3. The summed E-state index contributed by atoms with van der Waals surface area (Å²) in [5, 5.41) is 5.68. The molecule has 0 saturated heterocycles. The summed E-state index contributed by atoms with van der Waals surface area (Å²) in [5.41, 5.74) is 5.67. The van der Waals surface area contributed by atoms with Crippen LogP contribution in [0.1, 0.15) is 26.4 Å². The van der Waals surface area contributed by atoms with E-state index in [0.717, 1.165) is 10.0 Å². The van der Waals surface area contributed by atoms with E-state index in [1.807, 2.05) is 30.3 Å². The normalized spacial score (nSPS) is 11.1. The van der Waals surface area contributed by atoms with Crippen molar-refractivity contribution in [2.24, 2.45) is 5.10 Å². The van der Waals surface area contributed by atoms with Crippen LogP contribution in [0.15, 0.2) is 94.5 Å². The minimum atomic E-state index is -0.551. The SMILES string of the molecule is COc1ccc(C(=O)Oc2ccc(Br)cc2C=NNC(=O)c2[nH]c3c(Cl)cc(Cl)cc3c2-c2ccccc2)cc1. The third kappa shape index (κ3) is 5.89. The molecule has 0 aliphatic carbocycles. The van der Waals surface area contributed by atoms with Gasteiger partial charge in [-0.05, 0) is 60.2 Å². The number of esters is 1. The monoisotopic (exact) mass is 635 g/mol. The number of amides is 1. The number of carbonyl (C=O) groups is 2. The highest BCUT2D eigenvalue weighted by atomic mass is 79.9. The highest BCUT2D eigenvalue weighted by Crippen LogP contribution is 2.37. The molecule has 1 heterocycles. The Morgan fingerprint density at radius 3 is 2.45 bits per heavy atom. The van der Waals surface area contributed by atoms with Gasteiger partial charge in [0, 0.05) is 26.0 Å². The number of aromatic nitrogens is 1. The van der Waals surface area contributed by atoms with Crippen molar-refractivity contribution in [3.8, 4) is 22.6 Å². The van der Waals surface area contributed by atoms with E-state index < -0.39 is 11.9 Å². The lowest BCUT2D eigenvalue weighted by Gasteiger charge is -2.09. The molecular weight excluding hydrogens is 617 g/mol. The number of hydrogen-bond donors (Lipinski definition) is 2. The number of benzene rings is 4. The number of carbonyl (C=O) groups excluding carboxylic acids is 2. The Labute approximate surface area is 247 Å². The molecule has 1 amide bonds. The smallest absolute Gasteiger partial charge is 0.343 e. The number of H-pyrrole nitrogens is 1. The van der Waals surface area contributed by atoms with Crippen molar-refractivity contribution in [2.45, 2.75) is 0 Å². The summed E-state index contributed by atoms with van der Waals surface area (Å²) in [6, 6.07) is 24.4. The number of hydrazone groups is 1. The van der Waals surface area contributed by atoms with E-state index in [0.29, 0.717) is 43.4 Å². The number of methoxy groups -OCH3 is 1. The second kappa shape index (κ2) is 12.0. The van der Waals surface area contributed by atoms with E-state index in [9.17, 15) is 9.59 Å². The zero-order chi connectivity index (χ0) is 28.2. The standard InChI is InChI=1S/C30H20BrCl2N3O4/c1-39-22-10-7-18(8-11-22)30(38)40-25-12-9-20(31)13-19(25)16-34-36-29(37)28-26(17-5-3-2-4-6-17)23-14-21(32)15-24(33)27(23)35-28/h2-16,35H,1H3,(H,36,37). The molecule has 0 aliphatic heterocycles. The lowest BCUT2D eigenvalue weighted by atomic mass is 10.0. The molecule has 4 aromatic carbocycles. The van der Waals surface area contributed by atoms with Crippen LogP contribution >= 0.6 is 39.1 Å². The third-order valence-corrected chi connectivity index (χ3v) is 6.99. The third-order valence-electron chi connectivity index (χ3n) is 5.98. The topological polar surface area (TPSA) is 92.8 Å². The zero-order valence-electron chi connectivity index (χ0n) is 20.9. The largest absolute Gasteiger partial charge is 0.497 e. The Bertz CT molecular complexity index is 1750. The van der Waals surface area contributed by atoms with Gasteiger partial charge in [-0.15, -0.1) is 0 Å². The molecule has 0 aliphatic rings. The van der Waals surface area contributed by atoms with Crippen molar-refractivity contribution >= 4 is 68.1 Å². The van der Waals surface area contributed by atoms with E-state index in [1.165, 1.54) is 6.21 Å². The molecule has 5 aromatic rings. The van der Waals surface area contributed by atoms with Gasteiger partial charge in [0.05, 0.1) is 29.4 Å². The number of nitrogens with zero attached hydrogens (tertiary/aromatic N) is 1. The van der Waals surface area contributed by atoms with Gasteiger partial charge in [-0.2, -0.15) is 5.10 Å². The average molecular weight is 637 g/mol. The Balaban J connectivity index is 1.41. The summed E-state index contributed by atoms with van der Waals surface area (Å²) in [5.74, 6) is -0.159. The van der Waals surface area contributed by atoms with Gasteiger partial charge in [0.25, 0.3) is 5.91 Å². The molecule has 10 heteroatoms. The fourth-order valence-corrected chi connectivity index (χ4v) is 5.03. The second-order valence-electron chi connectivity index (χ2n) is 8.55. The molecule has 0 fully saturated rings. The van der Waals surface area contributed by atoms with Gasteiger partial charge in [-0.1, -0.05) is 69.5 Å². The molecule has 0 unspecified atom stereocenters. The number of rotatable bonds is 7. The van der Waals surface area contributed by atoms with Gasteiger partial charge in [0.1, 0.15) is 17.2 Å². The van der Waals surface area contributed by atoms with Crippen molar-refractivity contribution in [2.75, 3.05) is 7.11 Å². The van der Waals surface area contributed by atoms with Crippen LogP contribution in [0.5, 0.6) is 11.5 Å². The van der Waals surface area contributed by atoms with Crippen LogP contribution in [-0.4, -0.2) is 30.2 Å². The molecule has 1 aromatic heterocycles. The van der Waals surface area contributed by atoms with Crippen molar-refractivity contribution in [3.63, 3.8) is 0 Å². The van der Waals surface area contributed by atoms with Gasteiger partial charge in [0.15, 0.2) is 0 Å². The Kier molecular flexibility index (Phi) is 8.21. The summed E-state index contributed by atoms with van der Waals surface area (Å²) < 4.78 is 11.5. The number of ether oxygens (including phenoxy) is 2. The van der Waals surface area contributed by atoms with Crippen LogP contribution in [0.2, 0.25) is 10.0 Å². The molecule has 7 nitrogen and oxygen atoms in total. The fourth-order valence-electron chi connectivity index (χ4n) is 4.11. The molecule has 40 heavy (non-hydrogen) atoms. The van der Waals surface area contributed by atoms with Crippen molar-refractivity contribution in [1.82, 2.24) is 10.4 Å². The van der Waals surface area contributed by atoms with Crippen molar-refractivity contribution in [1.29, 1.82) is 0 Å². The summed E-state index contributed by atoms with van der Waals surface area (Å²) >= 11 is 16.1. The molecule has 0 radical (unpaired) electrons. The van der Waals surface area contributed by atoms with Crippen LogP contribution in [0.3, 0.4) is 0 Å². The van der Waals surface area contributed by atoms with E-state index in [-0.39, 0.29) is 11.4 Å². The van der Waals surface area contributed by atoms with Crippen LogP contribution in [0, 0.1) is 0 Å². The first kappa shape index (κ1) is 27.5. The van der Waals surface area contributed by atoms with Gasteiger partial charge in [-0.25, -0.2) is 10.2 Å². The van der Waals surface area contributed by atoms with Crippen LogP contribution < -0.4 is 14.9 Å². The maximum atomic E-state index is 13.3. The molecule has 0 atom stereocenters. The lowest BCUT2D eigenvalue weighted by Crippen LogP contribution is -2.19. The Morgan fingerprint density at radius 1 is 0.975 bits per heavy atom. The van der Waals surface area contributed by atoms with Gasteiger partial charge in [0.2, 0.25) is 0 Å².